The van der Waals surface area contributed by atoms with Crippen LogP contribution in [-0.4, -0.2) is 36.3 Å². The number of piperidine rings is 1. The van der Waals surface area contributed by atoms with E-state index in [-0.39, 0.29) is 36.8 Å². The highest BCUT2D eigenvalue weighted by Gasteiger charge is 2.30. The summed E-state index contributed by atoms with van der Waals surface area (Å²) in [5.41, 5.74) is 6.35. The molecule has 0 unspecified atom stereocenters. The Hall–Kier alpha value is -1.59. The van der Waals surface area contributed by atoms with Crippen molar-refractivity contribution in [2.45, 2.75) is 25.8 Å². The van der Waals surface area contributed by atoms with E-state index >= 15 is 0 Å². The van der Waals surface area contributed by atoms with Crippen molar-refractivity contribution < 1.29 is 9.59 Å². The van der Waals surface area contributed by atoms with Crippen molar-refractivity contribution in [3.05, 3.63) is 35.9 Å². The van der Waals surface area contributed by atoms with E-state index in [1.165, 1.54) is 0 Å². The molecule has 22 heavy (non-hydrogen) atoms. The quantitative estimate of drug-likeness (QED) is 0.861. The van der Waals surface area contributed by atoms with E-state index in [1.54, 1.807) is 4.90 Å². The molecule has 5 nitrogen and oxygen atoms in total. The zero-order chi connectivity index (χ0) is 15.2. The van der Waals surface area contributed by atoms with Gasteiger partial charge in [0.05, 0.1) is 12.6 Å². The molecule has 2 rings (SSSR count). The number of amides is 2. The summed E-state index contributed by atoms with van der Waals surface area (Å²) >= 11 is 0. The predicted octanol–water partition coefficient (Wildman–Crippen LogP) is 1.48. The summed E-state index contributed by atoms with van der Waals surface area (Å²) < 4.78 is 0. The maximum Gasteiger partial charge on any atom is 0.237 e. The van der Waals surface area contributed by atoms with Gasteiger partial charge < -0.3 is 16.0 Å². The Balaban J connectivity index is 0.00000242. The summed E-state index contributed by atoms with van der Waals surface area (Å²) in [5.74, 6) is -0.455. The first-order chi connectivity index (χ1) is 10.1. The van der Waals surface area contributed by atoms with Gasteiger partial charge in [-0.15, -0.1) is 12.4 Å². The molecule has 1 aliphatic heterocycles. The van der Waals surface area contributed by atoms with Crippen molar-refractivity contribution in [1.29, 1.82) is 0 Å². The maximum atomic E-state index is 12.7. The van der Waals surface area contributed by atoms with Crippen LogP contribution in [0.4, 0.5) is 0 Å². The minimum absolute atomic E-state index is 0. The molecule has 1 atom stereocenters. The molecule has 0 aromatic heterocycles. The summed E-state index contributed by atoms with van der Waals surface area (Å²) in [6, 6.07) is 9.58. The number of primary amides is 1. The fraction of sp³-hybridized carbons (Fsp3) is 0.500. The average molecular weight is 326 g/mol. The number of hydrogen-bond acceptors (Lipinski definition) is 3. The molecule has 1 saturated heterocycles. The molecule has 0 bridgehead atoms. The van der Waals surface area contributed by atoms with Crippen molar-refractivity contribution in [2.24, 2.45) is 11.7 Å². The summed E-state index contributed by atoms with van der Waals surface area (Å²) in [4.78, 5) is 25.7. The summed E-state index contributed by atoms with van der Waals surface area (Å²) in [6.45, 7) is 3.61. The molecule has 0 spiro atoms. The molecule has 0 radical (unpaired) electrons. The molecule has 1 aromatic carbocycles. The van der Waals surface area contributed by atoms with Crippen LogP contribution in [0.3, 0.4) is 0 Å². The zero-order valence-electron chi connectivity index (χ0n) is 12.8. The number of nitrogens with one attached hydrogen (secondary N) is 1. The van der Waals surface area contributed by atoms with Gasteiger partial charge in [-0.05, 0) is 38.4 Å². The SMILES string of the molecule is C[C@H](c1ccccc1)N(CC(N)=O)C(=O)C1CCNCC1.Cl. The van der Waals surface area contributed by atoms with Crippen LogP contribution in [0.15, 0.2) is 30.3 Å². The second-order valence-corrected chi connectivity index (χ2v) is 5.54. The lowest BCUT2D eigenvalue weighted by Gasteiger charge is -2.33. The molecular weight excluding hydrogens is 302 g/mol. The maximum absolute atomic E-state index is 12.7. The van der Waals surface area contributed by atoms with Crippen LogP contribution < -0.4 is 11.1 Å². The van der Waals surface area contributed by atoms with Crippen LogP contribution in [0.2, 0.25) is 0 Å². The molecule has 3 N–H and O–H groups in total. The van der Waals surface area contributed by atoms with Gasteiger partial charge in [-0.3, -0.25) is 9.59 Å². The number of rotatable bonds is 5. The van der Waals surface area contributed by atoms with Crippen LogP contribution >= 0.6 is 12.4 Å². The molecule has 0 aliphatic carbocycles. The van der Waals surface area contributed by atoms with Gasteiger partial charge in [0.2, 0.25) is 11.8 Å². The van der Waals surface area contributed by atoms with Gasteiger partial charge in [-0.1, -0.05) is 30.3 Å². The fourth-order valence-electron chi connectivity index (χ4n) is 2.79. The lowest BCUT2D eigenvalue weighted by molar-refractivity contribution is -0.141. The molecule has 1 fully saturated rings. The van der Waals surface area contributed by atoms with Crippen LogP contribution in [0.5, 0.6) is 0 Å². The Morgan fingerprint density at radius 1 is 1.27 bits per heavy atom. The zero-order valence-corrected chi connectivity index (χ0v) is 13.6. The first-order valence-corrected chi connectivity index (χ1v) is 7.44. The van der Waals surface area contributed by atoms with E-state index in [9.17, 15) is 9.59 Å². The Bertz CT molecular complexity index is 489. The minimum Gasteiger partial charge on any atom is -0.368 e. The van der Waals surface area contributed by atoms with Crippen molar-refractivity contribution in [3.63, 3.8) is 0 Å². The Labute approximate surface area is 137 Å². The predicted molar refractivity (Wildman–Crippen MR) is 88.6 cm³/mol. The van der Waals surface area contributed by atoms with Gasteiger partial charge in [0.1, 0.15) is 0 Å². The number of benzene rings is 1. The first kappa shape index (κ1) is 18.5. The monoisotopic (exact) mass is 325 g/mol. The molecular formula is C16H24ClN3O2. The van der Waals surface area contributed by atoms with Crippen LogP contribution in [-0.2, 0) is 9.59 Å². The van der Waals surface area contributed by atoms with E-state index in [2.05, 4.69) is 5.32 Å². The first-order valence-electron chi connectivity index (χ1n) is 7.44. The normalized spacial score (nSPS) is 16.4. The lowest BCUT2D eigenvalue weighted by Crippen LogP contribution is -2.45. The number of nitrogens with zero attached hydrogens (tertiary/aromatic N) is 1. The van der Waals surface area contributed by atoms with E-state index < -0.39 is 5.91 Å². The number of carbonyl (C=O) groups excluding carboxylic acids is 2. The Morgan fingerprint density at radius 3 is 2.41 bits per heavy atom. The topological polar surface area (TPSA) is 75.4 Å². The molecule has 1 heterocycles. The van der Waals surface area contributed by atoms with E-state index in [4.69, 9.17) is 5.73 Å². The van der Waals surface area contributed by atoms with Gasteiger partial charge >= 0.3 is 0 Å². The van der Waals surface area contributed by atoms with Crippen molar-refractivity contribution >= 4 is 24.2 Å². The van der Waals surface area contributed by atoms with Crippen LogP contribution in [0, 0.1) is 5.92 Å². The number of halogens is 1. The Kier molecular flexibility index (Phi) is 7.35. The summed E-state index contributed by atoms with van der Waals surface area (Å²) in [6.07, 6.45) is 1.63. The van der Waals surface area contributed by atoms with E-state index in [1.807, 2.05) is 37.3 Å². The second-order valence-electron chi connectivity index (χ2n) is 5.54. The molecule has 0 saturated carbocycles. The number of carbonyl (C=O) groups is 2. The molecule has 122 valence electrons. The highest BCUT2D eigenvalue weighted by molar-refractivity contribution is 5.86. The third-order valence-electron chi connectivity index (χ3n) is 4.05. The highest BCUT2D eigenvalue weighted by atomic mass is 35.5. The van der Waals surface area contributed by atoms with Crippen molar-refractivity contribution in [3.8, 4) is 0 Å². The fourth-order valence-corrected chi connectivity index (χ4v) is 2.79. The second kappa shape index (κ2) is 8.76. The molecule has 2 amide bonds. The van der Waals surface area contributed by atoms with Crippen LogP contribution in [0.1, 0.15) is 31.4 Å². The van der Waals surface area contributed by atoms with Crippen molar-refractivity contribution in [1.82, 2.24) is 10.2 Å². The number of hydrogen-bond donors (Lipinski definition) is 2. The molecule has 1 aliphatic rings. The van der Waals surface area contributed by atoms with Gasteiger partial charge in [-0.2, -0.15) is 0 Å². The molecule has 1 aromatic rings. The van der Waals surface area contributed by atoms with Crippen molar-refractivity contribution in [2.75, 3.05) is 19.6 Å². The minimum atomic E-state index is -0.472. The average Bonchev–Trinajstić information content (AvgIpc) is 2.53. The third-order valence-corrected chi connectivity index (χ3v) is 4.05. The van der Waals surface area contributed by atoms with E-state index in [0.29, 0.717) is 0 Å². The van der Waals surface area contributed by atoms with Gasteiger partial charge in [0.25, 0.3) is 0 Å². The summed E-state index contributed by atoms with van der Waals surface area (Å²) in [5, 5.41) is 3.25. The highest BCUT2D eigenvalue weighted by Crippen LogP contribution is 2.24. The number of nitrogens with two attached hydrogens (primary N) is 1. The largest absolute Gasteiger partial charge is 0.368 e. The smallest absolute Gasteiger partial charge is 0.237 e. The van der Waals surface area contributed by atoms with E-state index in [0.717, 1.165) is 31.5 Å². The van der Waals surface area contributed by atoms with Gasteiger partial charge in [-0.25, -0.2) is 0 Å². The van der Waals surface area contributed by atoms with Crippen LogP contribution in [0.25, 0.3) is 0 Å². The summed E-state index contributed by atoms with van der Waals surface area (Å²) in [7, 11) is 0. The van der Waals surface area contributed by atoms with Gasteiger partial charge in [0, 0.05) is 5.92 Å². The standard InChI is InChI=1S/C16H23N3O2.ClH/c1-12(13-5-3-2-4-6-13)19(11-15(17)20)16(21)14-7-9-18-10-8-14;/h2-6,12,14,18H,7-11H2,1H3,(H2,17,20);1H/t12-;/m1./s1. The lowest BCUT2D eigenvalue weighted by atomic mass is 9.95. The van der Waals surface area contributed by atoms with Gasteiger partial charge in [0.15, 0.2) is 0 Å². The Morgan fingerprint density at radius 2 is 1.86 bits per heavy atom. The third kappa shape index (κ3) is 4.71. The molecule has 6 heteroatoms.